The van der Waals surface area contributed by atoms with E-state index in [1.807, 2.05) is 20.1 Å². The molecule has 1 amide bonds. The van der Waals surface area contributed by atoms with Gasteiger partial charge in [-0.1, -0.05) is 17.8 Å². The fraction of sp³-hybridized carbons (Fsp3) is 0.353. The highest BCUT2D eigenvalue weighted by Crippen LogP contribution is 2.30. The summed E-state index contributed by atoms with van der Waals surface area (Å²) < 4.78 is 38.1. The van der Waals surface area contributed by atoms with E-state index in [9.17, 15) is 18.0 Å². The third-order valence-corrected chi connectivity index (χ3v) is 4.21. The van der Waals surface area contributed by atoms with Crippen molar-refractivity contribution < 1.29 is 18.0 Å². The first kappa shape index (κ1) is 19.2. The van der Waals surface area contributed by atoms with Gasteiger partial charge >= 0.3 is 6.18 Å². The van der Waals surface area contributed by atoms with Crippen LogP contribution in [0.1, 0.15) is 28.9 Å². The molecule has 8 heteroatoms. The zero-order valence-electron chi connectivity index (χ0n) is 14.1. The second-order valence-electron chi connectivity index (χ2n) is 5.49. The second kappa shape index (κ2) is 7.86. The van der Waals surface area contributed by atoms with Crippen LogP contribution >= 0.6 is 11.8 Å². The number of rotatable bonds is 5. The van der Waals surface area contributed by atoms with E-state index >= 15 is 0 Å². The van der Waals surface area contributed by atoms with Gasteiger partial charge in [-0.15, -0.1) is 0 Å². The lowest BCUT2D eigenvalue weighted by Crippen LogP contribution is -2.14. The maximum absolute atomic E-state index is 12.7. The molecular weight excluding hydrogens is 351 g/mol. The monoisotopic (exact) mass is 369 g/mol. The number of amides is 1. The summed E-state index contributed by atoms with van der Waals surface area (Å²) in [7, 11) is 0. The number of halogens is 3. The van der Waals surface area contributed by atoms with E-state index in [0.29, 0.717) is 11.6 Å². The summed E-state index contributed by atoms with van der Waals surface area (Å²) in [4.78, 5) is 20.8. The number of hydrogen-bond donors (Lipinski definition) is 1. The molecule has 4 nitrogen and oxygen atoms in total. The molecule has 0 atom stereocenters. The molecule has 1 aromatic heterocycles. The van der Waals surface area contributed by atoms with Crippen LogP contribution in [0, 0.1) is 13.8 Å². The molecule has 0 radical (unpaired) electrons. The highest BCUT2D eigenvalue weighted by Gasteiger charge is 2.30. The van der Waals surface area contributed by atoms with Gasteiger partial charge in [0.15, 0.2) is 5.16 Å². The molecule has 2 rings (SSSR count). The quantitative estimate of drug-likeness (QED) is 0.627. The van der Waals surface area contributed by atoms with E-state index in [-0.39, 0.29) is 18.0 Å². The first-order valence-electron chi connectivity index (χ1n) is 7.56. The van der Waals surface area contributed by atoms with Crippen LogP contribution in [0.4, 0.5) is 18.9 Å². The van der Waals surface area contributed by atoms with Gasteiger partial charge < -0.3 is 5.32 Å². The lowest BCUT2D eigenvalue weighted by molar-refractivity contribution is -0.137. The number of hydrogen-bond acceptors (Lipinski definition) is 4. The summed E-state index contributed by atoms with van der Waals surface area (Å²) in [5.41, 5.74) is 1.84. The average molecular weight is 369 g/mol. The SMILES string of the molecule is CSc1nc(C)c(CCC(=O)Nc2cccc(C(F)(F)F)c2)c(C)n1. The number of alkyl halides is 3. The molecule has 0 saturated carbocycles. The predicted octanol–water partition coefficient (Wildman–Crippen LogP) is 4.41. The molecule has 0 saturated heterocycles. The van der Waals surface area contributed by atoms with Crippen molar-refractivity contribution in [2.45, 2.75) is 38.0 Å². The van der Waals surface area contributed by atoms with Crippen LogP contribution < -0.4 is 5.32 Å². The van der Waals surface area contributed by atoms with E-state index in [2.05, 4.69) is 15.3 Å². The molecule has 0 aliphatic carbocycles. The van der Waals surface area contributed by atoms with E-state index in [4.69, 9.17) is 0 Å². The van der Waals surface area contributed by atoms with Gasteiger partial charge in [0.2, 0.25) is 5.91 Å². The van der Waals surface area contributed by atoms with Crippen LogP contribution in [-0.4, -0.2) is 22.1 Å². The second-order valence-corrected chi connectivity index (χ2v) is 6.26. The fourth-order valence-corrected chi connectivity index (χ4v) is 2.85. The third kappa shape index (κ3) is 5.19. The molecule has 0 fully saturated rings. The highest BCUT2D eigenvalue weighted by atomic mass is 32.2. The van der Waals surface area contributed by atoms with Gasteiger partial charge in [0.05, 0.1) is 5.56 Å². The van der Waals surface area contributed by atoms with Crippen molar-refractivity contribution in [2.24, 2.45) is 0 Å². The number of anilines is 1. The number of nitrogens with one attached hydrogen (secondary N) is 1. The highest BCUT2D eigenvalue weighted by molar-refractivity contribution is 7.98. The zero-order chi connectivity index (χ0) is 18.6. The van der Waals surface area contributed by atoms with Crippen LogP contribution in [-0.2, 0) is 17.4 Å². The smallest absolute Gasteiger partial charge is 0.326 e. The molecule has 0 unspecified atom stereocenters. The number of aromatic nitrogens is 2. The molecule has 1 aromatic carbocycles. The van der Waals surface area contributed by atoms with E-state index in [1.165, 1.54) is 23.9 Å². The molecule has 2 aromatic rings. The number of carbonyl (C=O) groups excluding carboxylic acids is 1. The largest absolute Gasteiger partial charge is 0.416 e. The molecular formula is C17H18F3N3OS. The van der Waals surface area contributed by atoms with E-state index in [1.54, 1.807) is 0 Å². The Bertz CT molecular complexity index is 755. The van der Waals surface area contributed by atoms with Crippen LogP contribution in [0.15, 0.2) is 29.4 Å². The number of aryl methyl sites for hydroxylation is 2. The Labute approximate surface area is 148 Å². The Kier molecular flexibility index (Phi) is 6.05. The molecule has 0 spiro atoms. The predicted molar refractivity (Wildman–Crippen MR) is 91.7 cm³/mol. The van der Waals surface area contributed by atoms with Gasteiger partial charge in [-0.3, -0.25) is 4.79 Å². The number of nitrogens with zero attached hydrogens (tertiary/aromatic N) is 2. The Morgan fingerprint density at radius 2 is 1.84 bits per heavy atom. The Morgan fingerprint density at radius 1 is 1.20 bits per heavy atom. The van der Waals surface area contributed by atoms with Crippen LogP contribution in [0.5, 0.6) is 0 Å². The van der Waals surface area contributed by atoms with Crippen molar-refractivity contribution in [3.05, 3.63) is 46.8 Å². The van der Waals surface area contributed by atoms with Gasteiger partial charge in [-0.25, -0.2) is 9.97 Å². The molecule has 1 N–H and O–H groups in total. The molecule has 0 bridgehead atoms. The molecule has 0 aliphatic rings. The maximum Gasteiger partial charge on any atom is 0.416 e. The summed E-state index contributed by atoms with van der Waals surface area (Å²) in [6, 6.07) is 4.58. The van der Waals surface area contributed by atoms with Crippen molar-refractivity contribution in [3.8, 4) is 0 Å². The van der Waals surface area contributed by atoms with Crippen molar-refractivity contribution >= 4 is 23.4 Å². The van der Waals surface area contributed by atoms with Gasteiger partial charge in [0.25, 0.3) is 0 Å². The topological polar surface area (TPSA) is 54.9 Å². The van der Waals surface area contributed by atoms with Gasteiger partial charge in [0, 0.05) is 23.5 Å². The van der Waals surface area contributed by atoms with Crippen molar-refractivity contribution in [2.75, 3.05) is 11.6 Å². The minimum absolute atomic E-state index is 0.127. The van der Waals surface area contributed by atoms with Gasteiger partial charge in [-0.05, 0) is 50.3 Å². The van der Waals surface area contributed by atoms with Crippen molar-refractivity contribution in [1.82, 2.24) is 9.97 Å². The molecule has 134 valence electrons. The normalized spacial score (nSPS) is 11.4. The first-order chi connectivity index (χ1) is 11.7. The number of thioether (sulfide) groups is 1. The summed E-state index contributed by atoms with van der Waals surface area (Å²) in [6.45, 7) is 3.71. The Morgan fingerprint density at radius 3 is 2.40 bits per heavy atom. The summed E-state index contributed by atoms with van der Waals surface area (Å²) in [5.74, 6) is -0.355. The standard InChI is InChI=1S/C17H18F3N3OS/c1-10-14(11(2)22-16(21-10)25-3)7-8-15(24)23-13-6-4-5-12(9-13)17(18,19)20/h4-6,9H,7-8H2,1-3H3,(H,23,24). The number of benzene rings is 1. The summed E-state index contributed by atoms with van der Waals surface area (Å²) in [5, 5.41) is 3.18. The minimum atomic E-state index is -4.44. The fourth-order valence-electron chi connectivity index (χ4n) is 2.40. The summed E-state index contributed by atoms with van der Waals surface area (Å²) >= 11 is 1.44. The number of carbonyl (C=O) groups is 1. The van der Waals surface area contributed by atoms with Crippen LogP contribution in [0.2, 0.25) is 0 Å². The minimum Gasteiger partial charge on any atom is -0.326 e. The van der Waals surface area contributed by atoms with Crippen molar-refractivity contribution in [1.29, 1.82) is 0 Å². The van der Waals surface area contributed by atoms with E-state index in [0.717, 1.165) is 29.1 Å². The van der Waals surface area contributed by atoms with E-state index < -0.39 is 11.7 Å². The average Bonchev–Trinajstić information content (AvgIpc) is 2.53. The summed E-state index contributed by atoms with van der Waals surface area (Å²) in [6.07, 6.45) is -1.99. The third-order valence-electron chi connectivity index (χ3n) is 3.66. The lowest BCUT2D eigenvalue weighted by Gasteiger charge is -2.11. The molecule has 25 heavy (non-hydrogen) atoms. The van der Waals surface area contributed by atoms with Crippen LogP contribution in [0.25, 0.3) is 0 Å². The van der Waals surface area contributed by atoms with Gasteiger partial charge in [0.1, 0.15) is 0 Å². The maximum atomic E-state index is 12.7. The molecule has 0 aliphatic heterocycles. The van der Waals surface area contributed by atoms with Gasteiger partial charge in [-0.2, -0.15) is 13.2 Å². The molecule has 1 heterocycles. The Balaban J connectivity index is 2.02. The lowest BCUT2D eigenvalue weighted by atomic mass is 10.1. The first-order valence-corrected chi connectivity index (χ1v) is 8.78. The Hall–Kier alpha value is -2.09. The van der Waals surface area contributed by atoms with Crippen molar-refractivity contribution in [3.63, 3.8) is 0 Å². The van der Waals surface area contributed by atoms with Crippen LogP contribution in [0.3, 0.4) is 0 Å². The zero-order valence-corrected chi connectivity index (χ0v) is 14.9.